The standard InChI is InChI=1S/C27H33N7O5S/c1-32(2)40(37,38)21-5-3-20(4-6-21)30-24-23-22(7-14-29-25(23)35)34(31-24)27(10-13-28)11-15-33(16-12-27)26(36)19-8-17-39-18-9-19/h3-7,14,19,23H,8-12,15-18H2,1-2H3,(H,30,31). The van der Waals surface area contributed by atoms with E-state index in [9.17, 15) is 23.3 Å². The van der Waals surface area contributed by atoms with Crippen LogP contribution in [0.5, 0.6) is 0 Å². The number of fused-ring (bicyclic) bond motifs is 1. The highest BCUT2D eigenvalue weighted by atomic mass is 32.2. The number of allylic oxidation sites excluding steroid dienone is 1. The number of hydrogen-bond acceptors (Lipinski definition) is 8. The van der Waals surface area contributed by atoms with Crippen LogP contribution in [0.3, 0.4) is 0 Å². The molecular formula is C27H33N7O5S. The number of carbonyl (C=O) groups excluding carboxylic acids is 2. The average Bonchev–Trinajstić information content (AvgIpc) is 3.34. The third-order valence-corrected chi connectivity index (χ3v) is 9.90. The molecule has 3 saturated heterocycles. The number of nitrogens with one attached hydrogen (secondary N) is 1. The number of sulfonamides is 1. The van der Waals surface area contributed by atoms with Crippen LogP contribution in [0.25, 0.3) is 0 Å². The second kappa shape index (κ2) is 11.1. The second-order valence-corrected chi connectivity index (χ2v) is 12.8. The van der Waals surface area contributed by atoms with Gasteiger partial charge in [0.1, 0.15) is 11.8 Å². The number of amides is 2. The van der Waals surface area contributed by atoms with E-state index in [0.29, 0.717) is 56.4 Å². The Bertz CT molecular complexity index is 1400. The molecule has 0 bridgehead atoms. The quantitative estimate of drug-likeness (QED) is 0.545. The van der Waals surface area contributed by atoms with Gasteiger partial charge in [0.05, 0.1) is 34.3 Å². The van der Waals surface area contributed by atoms with Crippen LogP contribution < -0.4 is 5.43 Å². The minimum absolute atomic E-state index is 0.0285. The summed E-state index contributed by atoms with van der Waals surface area (Å²) in [4.78, 5) is 36.7. The zero-order chi connectivity index (χ0) is 28.5. The fourth-order valence-corrected chi connectivity index (χ4v) is 6.59. The number of nitriles is 1. The average molecular weight is 568 g/mol. The molecular weight excluding hydrogens is 534 g/mol. The Kier molecular flexibility index (Phi) is 7.76. The third kappa shape index (κ3) is 5.14. The minimum atomic E-state index is -3.59. The maximum atomic E-state index is 13.1. The SMILES string of the molecule is CN(C)S(=O)(=O)c1ccc(N=C2NN(C3(CC#N)CCN(C(=O)C4CCOCC4)CC3)C3=CC=NC(=O)C32)cc1. The van der Waals surface area contributed by atoms with E-state index in [1.165, 1.54) is 32.4 Å². The van der Waals surface area contributed by atoms with Gasteiger partial charge >= 0.3 is 0 Å². The molecule has 12 nitrogen and oxygen atoms in total. The first kappa shape index (κ1) is 27.9. The fraction of sp³-hybridized carbons (Fsp3) is 0.519. The highest BCUT2D eigenvalue weighted by molar-refractivity contribution is 7.89. The Hall–Kier alpha value is -3.60. The van der Waals surface area contributed by atoms with Crippen molar-refractivity contribution in [3.63, 3.8) is 0 Å². The van der Waals surface area contributed by atoms with Crippen molar-refractivity contribution >= 4 is 39.6 Å². The van der Waals surface area contributed by atoms with Crippen molar-refractivity contribution in [1.82, 2.24) is 19.6 Å². The van der Waals surface area contributed by atoms with E-state index in [2.05, 4.69) is 21.5 Å². The Balaban J connectivity index is 1.40. The van der Waals surface area contributed by atoms with Crippen molar-refractivity contribution in [2.24, 2.45) is 21.8 Å². The Morgan fingerprint density at radius 3 is 2.52 bits per heavy atom. The molecule has 0 aliphatic carbocycles. The molecule has 1 aromatic carbocycles. The molecule has 4 aliphatic heterocycles. The Morgan fingerprint density at radius 2 is 1.90 bits per heavy atom. The maximum absolute atomic E-state index is 13.1. The van der Waals surface area contributed by atoms with Crippen molar-refractivity contribution < 1.29 is 22.7 Å². The summed E-state index contributed by atoms with van der Waals surface area (Å²) in [6.07, 6.45) is 5.95. The predicted octanol–water partition coefficient (Wildman–Crippen LogP) is 1.60. The summed E-state index contributed by atoms with van der Waals surface area (Å²) in [7, 11) is -0.662. The molecule has 0 radical (unpaired) electrons. The number of nitrogens with zero attached hydrogens (tertiary/aromatic N) is 6. The number of likely N-dealkylation sites (tertiary alicyclic amines) is 1. The Morgan fingerprint density at radius 1 is 1.23 bits per heavy atom. The third-order valence-electron chi connectivity index (χ3n) is 8.07. The van der Waals surface area contributed by atoms with Crippen LogP contribution in [0.15, 0.2) is 50.9 Å². The second-order valence-electron chi connectivity index (χ2n) is 10.6. The van der Waals surface area contributed by atoms with Gasteiger partial charge in [-0.1, -0.05) is 0 Å². The summed E-state index contributed by atoms with van der Waals surface area (Å²) in [5.74, 6) is -0.680. The van der Waals surface area contributed by atoms with Gasteiger partial charge in [-0.25, -0.2) is 22.7 Å². The first-order valence-electron chi connectivity index (χ1n) is 13.4. The zero-order valence-electron chi connectivity index (χ0n) is 22.6. The van der Waals surface area contributed by atoms with Crippen LogP contribution in [0.4, 0.5) is 5.69 Å². The number of carbonyl (C=O) groups is 2. The van der Waals surface area contributed by atoms with Gasteiger partial charge in [-0.2, -0.15) is 5.26 Å². The van der Waals surface area contributed by atoms with E-state index in [-0.39, 0.29) is 29.0 Å². The van der Waals surface area contributed by atoms with E-state index >= 15 is 0 Å². The van der Waals surface area contributed by atoms with Crippen LogP contribution in [-0.2, 0) is 24.3 Å². The first-order valence-corrected chi connectivity index (χ1v) is 14.8. The lowest BCUT2D eigenvalue weighted by molar-refractivity contribution is -0.141. The van der Waals surface area contributed by atoms with Crippen LogP contribution in [-0.4, -0.2) is 92.4 Å². The van der Waals surface area contributed by atoms with Crippen molar-refractivity contribution in [3.05, 3.63) is 36.0 Å². The summed E-state index contributed by atoms with van der Waals surface area (Å²) < 4.78 is 31.4. The molecule has 1 N–H and O–H groups in total. The van der Waals surface area contributed by atoms with Gasteiger partial charge in [0.25, 0.3) is 5.91 Å². The summed E-state index contributed by atoms with van der Waals surface area (Å²) in [6, 6.07) is 8.43. The molecule has 1 atom stereocenters. The summed E-state index contributed by atoms with van der Waals surface area (Å²) in [5.41, 5.74) is 3.76. The summed E-state index contributed by atoms with van der Waals surface area (Å²) in [5, 5.41) is 11.7. The van der Waals surface area contributed by atoms with Crippen LogP contribution in [0.1, 0.15) is 32.1 Å². The number of benzene rings is 1. The molecule has 212 valence electrons. The highest BCUT2D eigenvalue weighted by Crippen LogP contribution is 2.40. The molecule has 13 heteroatoms. The van der Waals surface area contributed by atoms with Gasteiger partial charge in [-0.05, 0) is 56.0 Å². The molecule has 0 spiro atoms. The smallest absolute Gasteiger partial charge is 0.262 e. The molecule has 2 amide bonds. The van der Waals surface area contributed by atoms with E-state index in [1.54, 1.807) is 18.2 Å². The molecule has 4 heterocycles. The number of hydrazine groups is 1. The fourth-order valence-electron chi connectivity index (χ4n) is 5.69. The van der Waals surface area contributed by atoms with E-state index in [1.807, 2.05) is 9.91 Å². The number of aliphatic imine (C=N–C) groups is 2. The van der Waals surface area contributed by atoms with Crippen LogP contribution in [0, 0.1) is 23.2 Å². The van der Waals surface area contributed by atoms with E-state index in [4.69, 9.17) is 4.74 Å². The van der Waals surface area contributed by atoms with Gasteiger partial charge in [0.2, 0.25) is 15.9 Å². The number of piperidine rings is 1. The first-order chi connectivity index (χ1) is 19.2. The van der Waals surface area contributed by atoms with Crippen molar-refractivity contribution in [3.8, 4) is 6.07 Å². The molecule has 5 rings (SSSR count). The highest BCUT2D eigenvalue weighted by Gasteiger charge is 2.50. The number of ether oxygens (including phenoxy) is 1. The largest absolute Gasteiger partial charge is 0.381 e. The van der Waals surface area contributed by atoms with Crippen molar-refractivity contribution in [2.45, 2.75) is 42.5 Å². The van der Waals surface area contributed by atoms with Gasteiger partial charge in [-0.15, -0.1) is 0 Å². The van der Waals surface area contributed by atoms with Gasteiger partial charge in [0.15, 0.2) is 0 Å². The van der Waals surface area contributed by atoms with Gasteiger partial charge in [-0.3, -0.25) is 20.0 Å². The molecule has 1 aromatic rings. The molecule has 40 heavy (non-hydrogen) atoms. The predicted molar refractivity (Wildman–Crippen MR) is 147 cm³/mol. The summed E-state index contributed by atoms with van der Waals surface area (Å²) in [6.45, 7) is 2.21. The molecule has 0 aromatic heterocycles. The lowest BCUT2D eigenvalue weighted by Gasteiger charge is -2.47. The number of hydrogen-bond donors (Lipinski definition) is 1. The van der Waals surface area contributed by atoms with E-state index < -0.39 is 21.5 Å². The number of dihydropyridines is 1. The molecule has 1 unspecified atom stereocenters. The number of amidine groups is 1. The molecule has 0 saturated carbocycles. The Labute approximate surface area is 234 Å². The molecule has 4 aliphatic rings. The van der Waals surface area contributed by atoms with Gasteiger partial charge in [0, 0.05) is 52.5 Å². The minimum Gasteiger partial charge on any atom is -0.381 e. The van der Waals surface area contributed by atoms with Crippen molar-refractivity contribution in [1.29, 1.82) is 5.26 Å². The van der Waals surface area contributed by atoms with Crippen LogP contribution in [0.2, 0.25) is 0 Å². The normalized spacial score (nSPS) is 24.1. The van der Waals surface area contributed by atoms with Crippen molar-refractivity contribution in [2.75, 3.05) is 40.4 Å². The molecule has 3 fully saturated rings. The van der Waals surface area contributed by atoms with Gasteiger partial charge < -0.3 is 9.64 Å². The maximum Gasteiger partial charge on any atom is 0.262 e. The lowest BCUT2D eigenvalue weighted by atomic mass is 9.82. The van der Waals surface area contributed by atoms with E-state index in [0.717, 1.165) is 17.1 Å². The summed E-state index contributed by atoms with van der Waals surface area (Å²) >= 11 is 0. The number of rotatable bonds is 6. The monoisotopic (exact) mass is 567 g/mol. The van der Waals surface area contributed by atoms with Crippen LogP contribution >= 0.6 is 0 Å². The zero-order valence-corrected chi connectivity index (χ0v) is 23.4. The topological polar surface area (TPSA) is 148 Å². The lowest BCUT2D eigenvalue weighted by Crippen LogP contribution is -2.59.